The van der Waals surface area contributed by atoms with Gasteiger partial charge >= 0.3 is 11.9 Å². The van der Waals surface area contributed by atoms with Crippen LogP contribution in [-0.2, 0) is 14.3 Å². The topological polar surface area (TPSA) is 63.6 Å². The maximum atomic E-state index is 11.6. The van der Waals surface area contributed by atoms with Crippen LogP contribution in [0.25, 0.3) is 0 Å². The van der Waals surface area contributed by atoms with Crippen molar-refractivity contribution in [3.05, 3.63) is 0 Å². The average Bonchev–Trinajstić information content (AvgIpc) is 2.22. The van der Waals surface area contributed by atoms with Crippen LogP contribution in [0.15, 0.2) is 0 Å². The lowest BCUT2D eigenvalue weighted by Gasteiger charge is -2.23. The lowest BCUT2D eigenvalue weighted by atomic mass is 9.97. The molecule has 0 aliphatic carbocycles. The van der Waals surface area contributed by atoms with E-state index in [1.54, 1.807) is 0 Å². The van der Waals surface area contributed by atoms with Gasteiger partial charge < -0.3 is 9.84 Å². The summed E-state index contributed by atoms with van der Waals surface area (Å²) in [6.45, 7) is 8.31. The first-order valence-electron chi connectivity index (χ1n) is 6.74. The van der Waals surface area contributed by atoms with E-state index in [4.69, 9.17) is 9.84 Å². The molecule has 4 heteroatoms. The second kappa shape index (κ2) is 8.95. The summed E-state index contributed by atoms with van der Waals surface area (Å²) >= 11 is 0. The Morgan fingerprint density at radius 3 is 2.06 bits per heavy atom. The molecule has 0 saturated heterocycles. The standard InChI is InChI=1S/C14H26O4/c1-10(2)9-12(11(3)4)18-14(17)8-6-5-7-13(15)16/h10-12H,5-9H2,1-4H3,(H,15,16). The van der Waals surface area contributed by atoms with E-state index in [2.05, 4.69) is 13.8 Å². The predicted molar refractivity (Wildman–Crippen MR) is 70.3 cm³/mol. The highest BCUT2D eigenvalue weighted by atomic mass is 16.5. The lowest BCUT2D eigenvalue weighted by molar-refractivity contribution is -0.152. The predicted octanol–water partition coefficient (Wildman–Crippen LogP) is 3.25. The van der Waals surface area contributed by atoms with Gasteiger partial charge in [0.2, 0.25) is 0 Å². The van der Waals surface area contributed by atoms with Crippen LogP contribution < -0.4 is 0 Å². The van der Waals surface area contributed by atoms with Gasteiger partial charge in [-0.1, -0.05) is 27.7 Å². The molecule has 0 fully saturated rings. The highest BCUT2D eigenvalue weighted by Crippen LogP contribution is 2.17. The third-order valence-electron chi connectivity index (χ3n) is 2.75. The monoisotopic (exact) mass is 258 g/mol. The van der Waals surface area contributed by atoms with Gasteiger partial charge in [0.05, 0.1) is 0 Å². The summed E-state index contributed by atoms with van der Waals surface area (Å²) in [7, 11) is 0. The Hall–Kier alpha value is -1.06. The number of aliphatic carboxylic acids is 1. The molecule has 1 unspecified atom stereocenters. The first-order valence-corrected chi connectivity index (χ1v) is 6.74. The highest BCUT2D eigenvalue weighted by Gasteiger charge is 2.19. The van der Waals surface area contributed by atoms with Crippen molar-refractivity contribution in [2.45, 2.75) is 65.9 Å². The number of carboxylic acids is 1. The Kier molecular flexibility index (Phi) is 8.42. The summed E-state index contributed by atoms with van der Waals surface area (Å²) < 4.78 is 5.44. The Morgan fingerprint density at radius 2 is 1.61 bits per heavy atom. The van der Waals surface area contributed by atoms with Crippen molar-refractivity contribution < 1.29 is 19.4 Å². The number of carbonyl (C=O) groups excluding carboxylic acids is 1. The Labute approximate surface area is 110 Å². The van der Waals surface area contributed by atoms with Gasteiger partial charge in [-0.05, 0) is 31.1 Å². The summed E-state index contributed by atoms with van der Waals surface area (Å²) in [6, 6.07) is 0. The van der Waals surface area contributed by atoms with Gasteiger partial charge in [0, 0.05) is 12.8 Å². The quantitative estimate of drug-likeness (QED) is 0.509. The molecule has 0 aromatic heterocycles. The van der Waals surface area contributed by atoms with Crippen LogP contribution in [0.3, 0.4) is 0 Å². The molecule has 0 rings (SSSR count). The number of esters is 1. The summed E-state index contributed by atoms with van der Waals surface area (Å²) in [5.41, 5.74) is 0. The van der Waals surface area contributed by atoms with Crippen molar-refractivity contribution in [3.8, 4) is 0 Å². The second-order valence-corrected chi connectivity index (χ2v) is 5.50. The zero-order chi connectivity index (χ0) is 14.1. The summed E-state index contributed by atoms with van der Waals surface area (Å²) in [5, 5.41) is 8.48. The van der Waals surface area contributed by atoms with Gasteiger partial charge in [-0.25, -0.2) is 0 Å². The van der Waals surface area contributed by atoms with Crippen molar-refractivity contribution in [2.24, 2.45) is 11.8 Å². The summed E-state index contributed by atoms with van der Waals surface area (Å²) in [4.78, 5) is 21.9. The minimum Gasteiger partial charge on any atom is -0.481 e. The normalized spacial score (nSPS) is 12.8. The van der Waals surface area contributed by atoms with Crippen LogP contribution in [0.1, 0.15) is 59.8 Å². The van der Waals surface area contributed by atoms with E-state index in [-0.39, 0.29) is 18.5 Å². The number of carboxylic acid groups (broad SMARTS) is 1. The highest BCUT2D eigenvalue weighted by molar-refractivity contribution is 5.70. The molecule has 0 heterocycles. The van der Waals surface area contributed by atoms with Gasteiger partial charge in [-0.3, -0.25) is 9.59 Å². The molecule has 0 radical (unpaired) electrons. The van der Waals surface area contributed by atoms with Crippen molar-refractivity contribution >= 4 is 11.9 Å². The van der Waals surface area contributed by atoms with Gasteiger partial charge in [0.1, 0.15) is 6.10 Å². The lowest BCUT2D eigenvalue weighted by Crippen LogP contribution is -2.25. The first kappa shape index (κ1) is 16.9. The molecule has 0 saturated carbocycles. The van der Waals surface area contributed by atoms with Gasteiger partial charge in [0.15, 0.2) is 0 Å². The molecule has 0 amide bonds. The van der Waals surface area contributed by atoms with Crippen LogP contribution in [0.2, 0.25) is 0 Å². The molecule has 4 nitrogen and oxygen atoms in total. The van der Waals surface area contributed by atoms with E-state index >= 15 is 0 Å². The Balaban J connectivity index is 3.91. The third-order valence-corrected chi connectivity index (χ3v) is 2.75. The molecule has 0 aromatic rings. The largest absolute Gasteiger partial charge is 0.481 e. The second-order valence-electron chi connectivity index (χ2n) is 5.50. The molecule has 0 aromatic carbocycles. The summed E-state index contributed by atoms with van der Waals surface area (Å²) in [6.07, 6.45) is 2.38. The number of rotatable bonds is 9. The smallest absolute Gasteiger partial charge is 0.306 e. The van der Waals surface area contributed by atoms with Gasteiger partial charge in [0.25, 0.3) is 0 Å². The molecular formula is C14H26O4. The summed E-state index contributed by atoms with van der Waals surface area (Å²) in [5.74, 6) is -0.212. The van der Waals surface area contributed by atoms with Crippen LogP contribution in [0, 0.1) is 11.8 Å². The molecule has 106 valence electrons. The average molecular weight is 258 g/mol. The fourth-order valence-corrected chi connectivity index (χ4v) is 1.69. The maximum absolute atomic E-state index is 11.6. The number of unbranched alkanes of at least 4 members (excludes halogenated alkanes) is 1. The molecule has 1 N–H and O–H groups in total. The van der Waals surface area contributed by atoms with E-state index < -0.39 is 5.97 Å². The molecule has 0 bridgehead atoms. The maximum Gasteiger partial charge on any atom is 0.306 e. The third kappa shape index (κ3) is 9.02. The molecule has 0 aliphatic rings. The molecule has 18 heavy (non-hydrogen) atoms. The van der Waals surface area contributed by atoms with Crippen LogP contribution in [0.4, 0.5) is 0 Å². The number of hydrogen-bond acceptors (Lipinski definition) is 3. The minimum absolute atomic E-state index is 0.0306. The van der Waals surface area contributed by atoms with Crippen LogP contribution in [-0.4, -0.2) is 23.1 Å². The zero-order valence-electron chi connectivity index (χ0n) is 11.9. The zero-order valence-corrected chi connectivity index (χ0v) is 11.9. The molecular weight excluding hydrogens is 232 g/mol. The van der Waals surface area contributed by atoms with Crippen molar-refractivity contribution in [3.63, 3.8) is 0 Å². The minimum atomic E-state index is -0.816. The van der Waals surface area contributed by atoms with Crippen molar-refractivity contribution in [1.29, 1.82) is 0 Å². The first-order chi connectivity index (χ1) is 8.32. The van der Waals surface area contributed by atoms with E-state index in [0.29, 0.717) is 31.1 Å². The fraction of sp³-hybridized carbons (Fsp3) is 0.857. The SMILES string of the molecule is CC(C)CC(OC(=O)CCCCC(=O)O)C(C)C. The van der Waals surface area contributed by atoms with Crippen LogP contribution in [0.5, 0.6) is 0 Å². The van der Waals surface area contributed by atoms with Crippen LogP contribution >= 0.6 is 0 Å². The van der Waals surface area contributed by atoms with E-state index in [1.165, 1.54) is 0 Å². The van der Waals surface area contributed by atoms with Gasteiger partial charge in [-0.15, -0.1) is 0 Å². The molecule has 0 spiro atoms. The Bertz CT molecular complexity index is 259. The number of ether oxygens (including phenoxy) is 1. The number of hydrogen-bond donors (Lipinski definition) is 1. The molecule has 1 atom stereocenters. The van der Waals surface area contributed by atoms with E-state index in [1.807, 2.05) is 13.8 Å². The van der Waals surface area contributed by atoms with E-state index in [9.17, 15) is 9.59 Å². The molecule has 0 aliphatic heterocycles. The van der Waals surface area contributed by atoms with Crippen molar-refractivity contribution in [2.75, 3.05) is 0 Å². The Morgan fingerprint density at radius 1 is 1.06 bits per heavy atom. The van der Waals surface area contributed by atoms with E-state index in [0.717, 1.165) is 6.42 Å². The van der Waals surface area contributed by atoms with Gasteiger partial charge in [-0.2, -0.15) is 0 Å². The number of carbonyl (C=O) groups is 2. The van der Waals surface area contributed by atoms with Crippen molar-refractivity contribution in [1.82, 2.24) is 0 Å². The fourth-order valence-electron chi connectivity index (χ4n) is 1.69.